The van der Waals surface area contributed by atoms with Crippen LogP contribution in [-0.4, -0.2) is 38.0 Å². The van der Waals surface area contributed by atoms with Crippen LogP contribution in [0, 0.1) is 0 Å². The van der Waals surface area contributed by atoms with Gasteiger partial charge in [-0.15, -0.1) is 0 Å². The van der Waals surface area contributed by atoms with Crippen LogP contribution in [0.2, 0.25) is 0 Å². The number of methoxy groups -OCH3 is 1. The van der Waals surface area contributed by atoms with E-state index in [2.05, 4.69) is 5.32 Å². The minimum atomic E-state index is -0.652. The minimum absolute atomic E-state index is 0.0587. The van der Waals surface area contributed by atoms with Crippen molar-refractivity contribution in [1.29, 1.82) is 0 Å². The Morgan fingerprint density at radius 1 is 1.20 bits per heavy atom. The second-order valence-corrected chi connectivity index (χ2v) is 5.25. The van der Waals surface area contributed by atoms with Gasteiger partial charge >= 0.3 is 5.97 Å². The fourth-order valence-electron chi connectivity index (χ4n) is 2.36. The number of esters is 1. The average Bonchev–Trinajstić information content (AvgIpc) is 2.65. The first-order valence-corrected chi connectivity index (χ1v) is 7.48. The highest BCUT2D eigenvalue weighted by Gasteiger charge is 2.19. The molecule has 0 bridgehead atoms. The molecule has 0 radical (unpaired) electrons. The molecule has 0 unspecified atom stereocenters. The van der Waals surface area contributed by atoms with Gasteiger partial charge in [0.25, 0.3) is 5.91 Å². The normalized spacial score (nSPS) is 12.4. The highest BCUT2D eigenvalue weighted by atomic mass is 16.5. The number of fused-ring (bicyclic) bond motifs is 1. The molecule has 2 aromatic carbocycles. The lowest BCUT2D eigenvalue weighted by Gasteiger charge is -2.18. The first-order valence-electron chi connectivity index (χ1n) is 7.48. The van der Waals surface area contributed by atoms with Gasteiger partial charge in [0.05, 0.1) is 12.8 Å². The van der Waals surface area contributed by atoms with Crippen LogP contribution in [0.3, 0.4) is 0 Å². The number of para-hydroxylation sites is 1. The molecule has 25 heavy (non-hydrogen) atoms. The number of anilines is 1. The van der Waals surface area contributed by atoms with Crippen LogP contribution >= 0.6 is 0 Å². The van der Waals surface area contributed by atoms with E-state index < -0.39 is 18.4 Å². The zero-order valence-corrected chi connectivity index (χ0v) is 13.4. The number of carbonyl (C=O) groups excluding carboxylic acids is 3. The van der Waals surface area contributed by atoms with E-state index in [1.54, 1.807) is 36.4 Å². The highest BCUT2D eigenvalue weighted by molar-refractivity contribution is 6.02. The molecule has 1 amide bonds. The highest BCUT2D eigenvalue weighted by Crippen LogP contribution is 2.28. The summed E-state index contributed by atoms with van der Waals surface area (Å²) >= 11 is 0. The predicted octanol–water partition coefficient (Wildman–Crippen LogP) is 2.07. The predicted molar refractivity (Wildman–Crippen MR) is 88.2 cm³/mol. The molecule has 7 nitrogen and oxygen atoms in total. The van der Waals surface area contributed by atoms with Gasteiger partial charge in [-0.3, -0.25) is 9.59 Å². The van der Waals surface area contributed by atoms with Crippen LogP contribution in [0.1, 0.15) is 20.7 Å². The van der Waals surface area contributed by atoms with Crippen molar-refractivity contribution in [1.82, 2.24) is 0 Å². The maximum Gasteiger partial charge on any atom is 0.342 e. The van der Waals surface area contributed by atoms with Crippen LogP contribution in [0.4, 0.5) is 5.69 Å². The lowest BCUT2D eigenvalue weighted by Crippen LogP contribution is -2.25. The molecule has 3 rings (SSSR count). The Labute approximate surface area is 143 Å². The zero-order chi connectivity index (χ0) is 17.8. The molecule has 0 saturated heterocycles. The number of rotatable bonds is 5. The van der Waals surface area contributed by atoms with Gasteiger partial charge in [-0.1, -0.05) is 12.1 Å². The van der Waals surface area contributed by atoms with Crippen LogP contribution < -0.4 is 14.8 Å². The summed E-state index contributed by atoms with van der Waals surface area (Å²) in [6.07, 6.45) is 0. The average molecular weight is 341 g/mol. The van der Waals surface area contributed by atoms with Gasteiger partial charge in [-0.05, 0) is 30.3 Å². The van der Waals surface area contributed by atoms with Crippen molar-refractivity contribution in [2.45, 2.75) is 0 Å². The molecule has 128 valence electrons. The van der Waals surface area contributed by atoms with Crippen molar-refractivity contribution >= 4 is 23.3 Å². The van der Waals surface area contributed by atoms with E-state index in [0.717, 1.165) is 0 Å². The Morgan fingerprint density at radius 3 is 2.80 bits per heavy atom. The van der Waals surface area contributed by atoms with Crippen molar-refractivity contribution in [3.05, 3.63) is 53.6 Å². The summed E-state index contributed by atoms with van der Waals surface area (Å²) in [5.41, 5.74) is 0.958. The van der Waals surface area contributed by atoms with E-state index in [-0.39, 0.29) is 18.1 Å². The number of carbonyl (C=O) groups is 3. The third-order valence-electron chi connectivity index (χ3n) is 3.60. The summed E-state index contributed by atoms with van der Waals surface area (Å²) < 4.78 is 15.4. The van der Waals surface area contributed by atoms with Gasteiger partial charge in [0, 0.05) is 5.56 Å². The van der Waals surface area contributed by atoms with Crippen molar-refractivity contribution in [3.63, 3.8) is 0 Å². The van der Waals surface area contributed by atoms with Crippen molar-refractivity contribution in [2.75, 3.05) is 25.6 Å². The third kappa shape index (κ3) is 3.60. The summed E-state index contributed by atoms with van der Waals surface area (Å²) in [6.45, 7) is -0.485. The number of ether oxygens (including phenoxy) is 3. The molecule has 0 atom stereocenters. The summed E-state index contributed by atoms with van der Waals surface area (Å²) in [5.74, 6) is -0.485. The fourth-order valence-corrected chi connectivity index (χ4v) is 2.36. The molecule has 1 N–H and O–H groups in total. The maximum atomic E-state index is 12.2. The third-order valence-corrected chi connectivity index (χ3v) is 3.60. The molecular weight excluding hydrogens is 326 g/mol. The molecule has 7 heteroatoms. The molecule has 0 spiro atoms. The van der Waals surface area contributed by atoms with E-state index in [1.165, 1.54) is 13.2 Å². The van der Waals surface area contributed by atoms with E-state index >= 15 is 0 Å². The number of benzene rings is 2. The van der Waals surface area contributed by atoms with Crippen molar-refractivity contribution < 1.29 is 28.6 Å². The maximum absolute atomic E-state index is 12.2. The molecule has 0 fully saturated rings. The summed E-state index contributed by atoms with van der Waals surface area (Å²) in [4.78, 5) is 35.7. The Hall–Kier alpha value is -3.35. The number of Topliss-reactive ketones (excluding diaryl/α,β-unsaturated/α-hetero) is 1. The fraction of sp³-hybridized carbons (Fsp3) is 0.167. The summed E-state index contributed by atoms with van der Waals surface area (Å²) in [6, 6.07) is 11.2. The number of ketones is 1. The minimum Gasteiger partial charge on any atom is -0.496 e. The van der Waals surface area contributed by atoms with E-state index in [4.69, 9.17) is 14.2 Å². The molecule has 1 aliphatic heterocycles. The standard InChI is InChI=1S/C18H15NO6/c1-23-15-5-3-2-4-12(15)18(22)25-9-14(20)11-6-7-16-13(8-11)19-17(21)10-24-16/h2-8H,9-10H2,1H3,(H,19,21). The second-order valence-electron chi connectivity index (χ2n) is 5.25. The van der Waals surface area contributed by atoms with Crippen LogP contribution in [0.15, 0.2) is 42.5 Å². The smallest absolute Gasteiger partial charge is 0.342 e. The van der Waals surface area contributed by atoms with Gasteiger partial charge in [0.15, 0.2) is 19.0 Å². The molecule has 0 saturated carbocycles. The van der Waals surface area contributed by atoms with Gasteiger partial charge in [0.2, 0.25) is 0 Å². The molecule has 1 heterocycles. The largest absolute Gasteiger partial charge is 0.496 e. The summed E-state index contributed by atoms with van der Waals surface area (Å²) in [7, 11) is 1.45. The van der Waals surface area contributed by atoms with E-state index in [0.29, 0.717) is 22.7 Å². The topological polar surface area (TPSA) is 90.9 Å². The first-order chi connectivity index (χ1) is 12.1. The molecule has 1 aliphatic rings. The van der Waals surface area contributed by atoms with E-state index in [9.17, 15) is 14.4 Å². The van der Waals surface area contributed by atoms with Gasteiger partial charge in [-0.2, -0.15) is 0 Å². The van der Waals surface area contributed by atoms with Gasteiger partial charge in [0.1, 0.15) is 17.1 Å². The number of amides is 1. The molecule has 0 aromatic heterocycles. The SMILES string of the molecule is COc1ccccc1C(=O)OCC(=O)c1ccc2c(c1)NC(=O)CO2. The van der Waals surface area contributed by atoms with Crippen molar-refractivity contribution in [2.24, 2.45) is 0 Å². The number of hydrogen-bond acceptors (Lipinski definition) is 6. The molecule has 2 aromatic rings. The number of nitrogens with one attached hydrogen (secondary N) is 1. The van der Waals surface area contributed by atoms with E-state index in [1.807, 2.05) is 0 Å². The summed E-state index contributed by atoms with van der Waals surface area (Å²) in [5, 5.41) is 2.62. The lowest BCUT2D eigenvalue weighted by molar-refractivity contribution is -0.118. The molecular formula is C18H15NO6. The lowest BCUT2D eigenvalue weighted by atomic mass is 10.1. The van der Waals surface area contributed by atoms with Crippen LogP contribution in [0.25, 0.3) is 0 Å². The second kappa shape index (κ2) is 7.04. The van der Waals surface area contributed by atoms with Gasteiger partial charge in [-0.25, -0.2) is 4.79 Å². The zero-order valence-electron chi connectivity index (χ0n) is 13.4. The van der Waals surface area contributed by atoms with Crippen LogP contribution in [-0.2, 0) is 9.53 Å². The first kappa shape index (κ1) is 16.5. The Morgan fingerprint density at radius 2 is 2.00 bits per heavy atom. The molecule has 0 aliphatic carbocycles. The van der Waals surface area contributed by atoms with Gasteiger partial charge < -0.3 is 19.5 Å². The van der Waals surface area contributed by atoms with Crippen molar-refractivity contribution in [3.8, 4) is 11.5 Å². The monoisotopic (exact) mass is 341 g/mol. The van der Waals surface area contributed by atoms with Crippen LogP contribution in [0.5, 0.6) is 11.5 Å². The quantitative estimate of drug-likeness (QED) is 0.661. The number of hydrogen-bond donors (Lipinski definition) is 1. The Balaban J connectivity index is 1.68. The Bertz CT molecular complexity index is 845. The Kier molecular flexibility index (Phi) is 4.65.